The highest BCUT2D eigenvalue weighted by atomic mass is 32.2. The van der Waals surface area contributed by atoms with E-state index in [2.05, 4.69) is 10.6 Å². The number of hydrogen-bond donors (Lipinski definition) is 2. The van der Waals surface area contributed by atoms with E-state index in [4.69, 9.17) is 4.74 Å². The lowest BCUT2D eigenvalue weighted by Gasteiger charge is -2.18. The number of ether oxygens (including phenoxy) is 1. The van der Waals surface area contributed by atoms with Gasteiger partial charge in [-0.3, -0.25) is 0 Å². The van der Waals surface area contributed by atoms with Gasteiger partial charge in [-0.05, 0) is 44.9 Å². The molecule has 6 nitrogen and oxygen atoms in total. The monoisotopic (exact) mass is 340 g/mol. The number of rotatable bonds is 5. The summed E-state index contributed by atoms with van der Waals surface area (Å²) >= 11 is 0. The van der Waals surface area contributed by atoms with Crippen molar-refractivity contribution in [3.8, 4) is 5.75 Å². The summed E-state index contributed by atoms with van der Waals surface area (Å²) in [4.78, 5) is 12.0. The van der Waals surface area contributed by atoms with Gasteiger partial charge in [-0.1, -0.05) is 12.1 Å². The third-order valence-electron chi connectivity index (χ3n) is 3.65. The van der Waals surface area contributed by atoms with Gasteiger partial charge in [-0.2, -0.15) is 0 Å². The van der Waals surface area contributed by atoms with Crippen LogP contribution in [0.3, 0.4) is 0 Å². The van der Waals surface area contributed by atoms with Crippen molar-refractivity contribution in [2.24, 2.45) is 0 Å². The molecule has 1 saturated heterocycles. The highest BCUT2D eigenvalue weighted by molar-refractivity contribution is 7.91. The predicted molar refractivity (Wildman–Crippen MR) is 89.3 cm³/mol. The Hall–Kier alpha value is -1.76. The molecule has 0 aliphatic carbocycles. The van der Waals surface area contributed by atoms with Crippen LogP contribution in [0.5, 0.6) is 5.75 Å². The number of urea groups is 1. The van der Waals surface area contributed by atoms with Gasteiger partial charge < -0.3 is 15.4 Å². The minimum absolute atomic E-state index is 0.0204. The maximum absolute atomic E-state index is 12.0. The first-order chi connectivity index (χ1) is 10.7. The second-order valence-corrected chi connectivity index (χ2v) is 8.41. The number of hydrogen-bond acceptors (Lipinski definition) is 4. The van der Waals surface area contributed by atoms with Crippen LogP contribution >= 0.6 is 0 Å². The number of carbonyl (C=O) groups is 1. The Kier molecular flexibility index (Phi) is 5.51. The van der Waals surface area contributed by atoms with Crippen LogP contribution in [-0.4, -0.2) is 38.1 Å². The third-order valence-corrected chi connectivity index (χ3v) is 5.41. The molecular formula is C16H24N2O4S. The Morgan fingerprint density at radius 1 is 1.30 bits per heavy atom. The standard InChI is InChI=1S/C16H24N2O4S/c1-11(2)22-15-6-4-5-13(9-15)12(3)17-16(19)18-14-7-8-23(20,21)10-14/h4-6,9,11-12,14H,7-8,10H2,1-3H3,(H2,17,18,19)/t12-,14-/m0/s1. The Bertz CT molecular complexity index is 658. The number of benzene rings is 1. The topological polar surface area (TPSA) is 84.5 Å². The summed E-state index contributed by atoms with van der Waals surface area (Å²) in [6, 6.07) is 6.71. The highest BCUT2D eigenvalue weighted by Gasteiger charge is 2.29. The van der Waals surface area contributed by atoms with E-state index in [0.717, 1.165) is 11.3 Å². The SMILES string of the molecule is CC(C)Oc1cccc([C@H](C)NC(=O)N[C@H]2CCS(=O)(=O)C2)c1. The molecule has 1 aromatic rings. The largest absolute Gasteiger partial charge is 0.491 e. The van der Waals surface area contributed by atoms with Gasteiger partial charge in [0.05, 0.1) is 23.7 Å². The molecule has 0 unspecified atom stereocenters. The van der Waals surface area contributed by atoms with Crippen LogP contribution in [0.25, 0.3) is 0 Å². The van der Waals surface area contributed by atoms with E-state index in [1.165, 1.54) is 0 Å². The lowest BCUT2D eigenvalue weighted by atomic mass is 10.1. The Balaban J connectivity index is 1.91. The Morgan fingerprint density at radius 3 is 2.65 bits per heavy atom. The van der Waals surface area contributed by atoms with Crippen molar-refractivity contribution in [2.75, 3.05) is 11.5 Å². The summed E-state index contributed by atoms with van der Waals surface area (Å²) in [7, 11) is -3.00. The van der Waals surface area contributed by atoms with E-state index in [0.29, 0.717) is 6.42 Å². The van der Waals surface area contributed by atoms with Crippen LogP contribution in [-0.2, 0) is 9.84 Å². The minimum Gasteiger partial charge on any atom is -0.491 e. The van der Waals surface area contributed by atoms with Gasteiger partial charge in [0.25, 0.3) is 0 Å². The van der Waals surface area contributed by atoms with Crippen molar-refractivity contribution >= 4 is 15.9 Å². The lowest BCUT2D eigenvalue weighted by Crippen LogP contribution is -2.43. The first kappa shape index (κ1) is 17.6. The average molecular weight is 340 g/mol. The summed E-state index contributed by atoms with van der Waals surface area (Å²) in [5, 5.41) is 5.55. The van der Waals surface area contributed by atoms with Crippen LogP contribution in [0.4, 0.5) is 4.79 Å². The quantitative estimate of drug-likeness (QED) is 0.859. The molecule has 0 bridgehead atoms. The number of amides is 2. The fourth-order valence-corrected chi connectivity index (χ4v) is 4.22. The maximum Gasteiger partial charge on any atom is 0.315 e. The molecule has 2 amide bonds. The summed E-state index contributed by atoms with van der Waals surface area (Å²) in [5.74, 6) is 0.919. The first-order valence-corrected chi connectivity index (χ1v) is 9.61. The third kappa shape index (κ3) is 5.42. The summed E-state index contributed by atoms with van der Waals surface area (Å²) < 4.78 is 28.5. The maximum atomic E-state index is 12.0. The zero-order valence-corrected chi connectivity index (χ0v) is 14.5. The van der Waals surface area contributed by atoms with E-state index >= 15 is 0 Å². The Labute approximate surface area is 137 Å². The van der Waals surface area contributed by atoms with Crippen molar-refractivity contribution in [1.29, 1.82) is 0 Å². The molecule has 128 valence electrons. The van der Waals surface area contributed by atoms with Gasteiger partial charge in [0.15, 0.2) is 9.84 Å². The fourth-order valence-electron chi connectivity index (χ4n) is 2.55. The van der Waals surface area contributed by atoms with E-state index in [1.807, 2.05) is 45.0 Å². The van der Waals surface area contributed by atoms with Crippen LogP contribution in [0.15, 0.2) is 24.3 Å². The molecule has 0 saturated carbocycles. The molecule has 2 atom stereocenters. The van der Waals surface area contributed by atoms with Crippen LogP contribution in [0.2, 0.25) is 0 Å². The molecule has 7 heteroatoms. The van der Waals surface area contributed by atoms with Gasteiger partial charge in [0.2, 0.25) is 0 Å². The molecule has 23 heavy (non-hydrogen) atoms. The minimum atomic E-state index is -3.00. The molecular weight excluding hydrogens is 316 g/mol. The van der Waals surface area contributed by atoms with Crippen LogP contribution in [0.1, 0.15) is 38.8 Å². The molecule has 1 fully saturated rings. The smallest absolute Gasteiger partial charge is 0.315 e. The highest BCUT2D eigenvalue weighted by Crippen LogP contribution is 2.20. The molecule has 0 spiro atoms. The van der Waals surface area contributed by atoms with Crippen molar-refractivity contribution in [1.82, 2.24) is 10.6 Å². The normalized spacial score (nSPS) is 21.0. The molecule has 0 radical (unpaired) electrons. The molecule has 0 aromatic heterocycles. The summed E-state index contributed by atoms with van der Waals surface area (Å²) in [6.07, 6.45) is 0.558. The number of nitrogens with one attached hydrogen (secondary N) is 2. The van der Waals surface area contributed by atoms with E-state index < -0.39 is 9.84 Å². The average Bonchev–Trinajstić information content (AvgIpc) is 2.77. The second kappa shape index (κ2) is 7.21. The van der Waals surface area contributed by atoms with Crippen LogP contribution in [0, 0.1) is 0 Å². The van der Waals surface area contributed by atoms with Gasteiger partial charge in [0.1, 0.15) is 5.75 Å². The van der Waals surface area contributed by atoms with Gasteiger partial charge in [-0.15, -0.1) is 0 Å². The van der Waals surface area contributed by atoms with Gasteiger partial charge in [0, 0.05) is 6.04 Å². The summed E-state index contributed by atoms with van der Waals surface area (Å²) in [6.45, 7) is 5.79. The molecule has 1 heterocycles. The van der Waals surface area contributed by atoms with E-state index in [-0.39, 0.29) is 35.7 Å². The van der Waals surface area contributed by atoms with Gasteiger partial charge in [-0.25, -0.2) is 13.2 Å². The molecule has 1 aliphatic heterocycles. The number of sulfone groups is 1. The van der Waals surface area contributed by atoms with Crippen molar-refractivity contribution in [3.05, 3.63) is 29.8 Å². The van der Waals surface area contributed by atoms with E-state index in [9.17, 15) is 13.2 Å². The van der Waals surface area contributed by atoms with Crippen molar-refractivity contribution < 1.29 is 17.9 Å². The molecule has 1 aliphatic rings. The number of carbonyl (C=O) groups excluding carboxylic acids is 1. The van der Waals surface area contributed by atoms with E-state index in [1.54, 1.807) is 0 Å². The lowest BCUT2D eigenvalue weighted by molar-refractivity contribution is 0.234. The zero-order chi connectivity index (χ0) is 17.0. The molecule has 2 N–H and O–H groups in total. The molecule has 2 rings (SSSR count). The van der Waals surface area contributed by atoms with Crippen LogP contribution < -0.4 is 15.4 Å². The Morgan fingerprint density at radius 2 is 2.04 bits per heavy atom. The molecule has 1 aromatic carbocycles. The second-order valence-electron chi connectivity index (χ2n) is 6.18. The fraction of sp³-hybridized carbons (Fsp3) is 0.562. The van der Waals surface area contributed by atoms with Crippen molar-refractivity contribution in [3.63, 3.8) is 0 Å². The first-order valence-electron chi connectivity index (χ1n) is 7.79. The van der Waals surface area contributed by atoms with Gasteiger partial charge >= 0.3 is 6.03 Å². The summed E-state index contributed by atoms with van der Waals surface area (Å²) in [5.41, 5.74) is 0.928. The predicted octanol–water partition coefficient (Wildman–Crippen LogP) is 2.02. The zero-order valence-electron chi connectivity index (χ0n) is 13.7. The van der Waals surface area contributed by atoms with Crippen molar-refractivity contribution in [2.45, 2.75) is 45.4 Å².